The summed E-state index contributed by atoms with van der Waals surface area (Å²) >= 11 is 17.0. The van der Waals surface area contributed by atoms with Gasteiger partial charge in [0.05, 0.1) is 10.0 Å². The van der Waals surface area contributed by atoms with Gasteiger partial charge in [-0.2, -0.15) is 0 Å². The van der Waals surface area contributed by atoms with Crippen molar-refractivity contribution in [2.75, 3.05) is 0 Å². The van der Waals surface area contributed by atoms with Crippen molar-refractivity contribution in [1.82, 2.24) is 0 Å². The van der Waals surface area contributed by atoms with E-state index in [1.807, 2.05) is 0 Å². The van der Waals surface area contributed by atoms with Gasteiger partial charge in [-0.15, -0.1) is 0 Å². The molecule has 0 saturated heterocycles. The molecule has 15 heavy (non-hydrogen) atoms. The summed E-state index contributed by atoms with van der Waals surface area (Å²) in [6.45, 7) is 0. The van der Waals surface area contributed by atoms with Crippen molar-refractivity contribution in [3.05, 3.63) is 27.2 Å². The maximum Gasteiger partial charge on any atom is 0.418 e. The van der Waals surface area contributed by atoms with E-state index in [1.54, 1.807) is 0 Å². The van der Waals surface area contributed by atoms with Crippen LogP contribution in [0.4, 0.5) is 4.79 Å². The number of halogens is 4. The molecule has 1 rings (SSSR count). The smallest absolute Gasteiger partial charge is 0.413 e. The Bertz CT molecular complexity index is 411. The van der Waals surface area contributed by atoms with Crippen LogP contribution in [0.5, 0.6) is 5.75 Å². The monoisotopic (exact) mass is 306 g/mol. The number of benzene rings is 1. The third kappa shape index (κ3) is 3.50. The Kier molecular flexibility index (Phi) is 4.67. The molecule has 0 heterocycles. The number of hydrogen-bond donors (Lipinski definition) is 0. The van der Waals surface area contributed by atoms with Gasteiger partial charge in [0.2, 0.25) is 10.0 Å². The first-order valence-corrected chi connectivity index (χ1v) is 6.47. The Balaban J connectivity index is 3.05. The number of ether oxygens (including phenoxy) is 1. The summed E-state index contributed by atoms with van der Waals surface area (Å²) in [5.41, 5.74) is 0. The zero-order chi connectivity index (χ0) is 11.6. The second-order valence-corrected chi connectivity index (χ2v) is 5.15. The first-order valence-electron chi connectivity index (χ1n) is 3.36. The maximum absolute atomic E-state index is 10.9. The lowest BCUT2D eigenvalue weighted by molar-refractivity contribution is 0.226. The summed E-state index contributed by atoms with van der Waals surface area (Å²) in [5.74, 6) is -0.123. The van der Waals surface area contributed by atoms with E-state index in [0.717, 1.165) is 0 Å². The predicted octanol–water partition coefficient (Wildman–Crippen LogP) is 4.05. The van der Waals surface area contributed by atoms with Gasteiger partial charge in [-0.05, 0) is 12.1 Å². The van der Waals surface area contributed by atoms with Crippen LogP contribution in [0.3, 0.4) is 0 Å². The van der Waals surface area contributed by atoms with Gasteiger partial charge in [-0.3, -0.25) is 0 Å². The van der Waals surface area contributed by atoms with Crippen molar-refractivity contribution in [2.45, 2.75) is 0 Å². The van der Waals surface area contributed by atoms with Crippen molar-refractivity contribution in [2.24, 2.45) is 0 Å². The number of rotatable bonds is 1. The van der Waals surface area contributed by atoms with Crippen LogP contribution in [-0.2, 0) is 10.0 Å². The lowest BCUT2D eigenvalue weighted by Gasteiger charge is -2.06. The Morgan fingerprint density at radius 2 is 1.67 bits per heavy atom. The van der Waals surface area contributed by atoms with Crippen LogP contribution in [0.2, 0.25) is 15.1 Å². The average molecular weight is 308 g/mol. The van der Waals surface area contributed by atoms with Gasteiger partial charge in [0, 0.05) is 15.7 Å². The molecule has 0 N–H and O–H groups in total. The van der Waals surface area contributed by atoms with Crippen molar-refractivity contribution in [1.29, 1.82) is 0 Å². The molecule has 0 fully saturated rings. The first-order chi connectivity index (χ1) is 6.91. The molecule has 1 aromatic carbocycles. The lowest BCUT2D eigenvalue weighted by Crippen LogP contribution is -2.08. The number of carbonyl (C=O) groups is 1. The number of carbonyl (C=O) groups excluding carboxylic acids is 1. The quantitative estimate of drug-likeness (QED) is 0.581. The minimum absolute atomic E-state index is 0.0305. The maximum atomic E-state index is 10.9. The van der Waals surface area contributed by atoms with Gasteiger partial charge >= 0.3 is 5.30 Å². The van der Waals surface area contributed by atoms with Gasteiger partial charge < -0.3 is 4.74 Å². The molecular weight excluding hydrogens is 306 g/mol. The predicted molar refractivity (Wildman–Crippen MR) is 61.5 cm³/mol. The van der Waals surface area contributed by atoms with Crippen LogP contribution in [-0.4, -0.2) is 9.51 Å². The van der Waals surface area contributed by atoms with Gasteiger partial charge in [-0.25, -0.2) is 9.00 Å². The zero-order valence-electron chi connectivity index (χ0n) is 6.80. The molecule has 0 aromatic heterocycles. The van der Waals surface area contributed by atoms with Crippen LogP contribution >= 0.6 is 45.5 Å². The molecule has 0 aliphatic rings. The minimum Gasteiger partial charge on any atom is -0.413 e. The lowest BCUT2D eigenvalue weighted by atomic mass is 10.3. The molecule has 1 atom stereocenters. The van der Waals surface area contributed by atoms with E-state index in [0.29, 0.717) is 0 Å². The van der Waals surface area contributed by atoms with Gasteiger partial charge in [0.25, 0.3) is 0 Å². The highest BCUT2D eigenvalue weighted by Gasteiger charge is 2.17. The van der Waals surface area contributed by atoms with Crippen molar-refractivity contribution in [3.8, 4) is 5.75 Å². The Labute approximate surface area is 107 Å². The Hall–Kier alpha value is -0.000000000000000167. The second kappa shape index (κ2) is 5.37. The largest absolute Gasteiger partial charge is 0.418 e. The molecule has 0 aliphatic carbocycles. The van der Waals surface area contributed by atoms with E-state index >= 15 is 0 Å². The highest BCUT2D eigenvalue weighted by Crippen LogP contribution is 2.36. The number of hydrogen-bond acceptors (Lipinski definition) is 3. The van der Waals surface area contributed by atoms with E-state index < -0.39 is 15.3 Å². The molecule has 3 nitrogen and oxygen atoms in total. The molecule has 0 aliphatic heterocycles. The summed E-state index contributed by atoms with van der Waals surface area (Å²) in [6.07, 6.45) is 0. The molecule has 0 bridgehead atoms. The van der Waals surface area contributed by atoms with Gasteiger partial charge in [0.15, 0.2) is 5.75 Å². The molecule has 82 valence electrons. The molecule has 0 unspecified atom stereocenters. The van der Waals surface area contributed by atoms with E-state index in [2.05, 4.69) is 4.74 Å². The molecule has 0 spiro atoms. The van der Waals surface area contributed by atoms with Crippen LogP contribution in [0.1, 0.15) is 0 Å². The van der Waals surface area contributed by atoms with Crippen molar-refractivity contribution in [3.63, 3.8) is 0 Å². The first kappa shape index (κ1) is 13.1. The third-order valence-electron chi connectivity index (χ3n) is 1.28. The van der Waals surface area contributed by atoms with Gasteiger partial charge in [-0.1, -0.05) is 34.8 Å². The van der Waals surface area contributed by atoms with Crippen molar-refractivity contribution >= 4 is 60.8 Å². The summed E-state index contributed by atoms with van der Waals surface area (Å²) in [7, 11) is 2.73. The summed E-state index contributed by atoms with van der Waals surface area (Å²) in [6, 6.07) is 2.66. The summed E-state index contributed by atoms with van der Waals surface area (Å²) in [4.78, 5) is 10.9. The fraction of sp³-hybridized carbons (Fsp3) is 0. The molecular formula is C7H2Cl4O3S. The molecule has 0 saturated carbocycles. The Morgan fingerprint density at radius 3 is 2.07 bits per heavy atom. The molecule has 0 radical (unpaired) electrons. The molecule has 1 aromatic rings. The average Bonchev–Trinajstić information content (AvgIpc) is 2.10. The topological polar surface area (TPSA) is 43.4 Å². The fourth-order valence-corrected chi connectivity index (χ4v) is 1.88. The zero-order valence-corrected chi connectivity index (χ0v) is 10.6. The fourth-order valence-electron chi connectivity index (χ4n) is 0.743. The van der Waals surface area contributed by atoms with Gasteiger partial charge in [0.1, 0.15) is 0 Å². The van der Waals surface area contributed by atoms with E-state index in [1.165, 1.54) is 12.1 Å². The minimum atomic E-state index is -2.27. The highest BCUT2D eigenvalue weighted by atomic mass is 35.7. The highest BCUT2D eigenvalue weighted by molar-refractivity contribution is 8.20. The molecule has 0 amide bonds. The van der Waals surface area contributed by atoms with Crippen LogP contribution in [0.15, 0.2) is 12.1 Å². The standard InChI is InChI=1S/C7H2Cl4O3S/c8-3-1-4(9)6(5(10)2-3)14-7(12)15(11)13/h1-2H/t15-/m0/s1. The second-order valence-electron chi connectivity index (χ2n) is 2.27. The van der Waals surface area contributed by atoms with E-state index in [-0.39, 0.29) is 20.8 Å². The van der Waals surface area contributed by atoms with Crippen LogP contribution < -0.4 is 4.74 Å². The normalized spacial score (nSPS) is 12.3. The van der Waals surface area contributed by atoms with Crippen molar-refractivity contribution < 1.29 is 13.7 Å². The SMILES string of the molecule is O=C(Oc1c(Cl)cc(Cl)cc1Cl)[S@](=O)Cl. The third-order valence-corrected chi connectivity index (χ3v) is 2.78. The van der Waals surface area contributed by atoms with E-state index in [9.17, 15) is 9.00 Å². The summed E-state index contributed by atoms with van der Waals surface area (Å²) in [5, 5.41) is -0.800. The summed E-state index contributed by atoms with van der Waals surface area (Å²) < 4.78 is 15.1. The Morgan fingerprint density at radius 1 is 1.20 bits per heavy atom. The van der Waals surface area contributed by atoms with Crippen LogP contribution in [0, 0.1) is 0 Å². The molecule has 8 heteroatoms. The van der Waals surface area contributed by atoms with E-state index in [4.69, 9.17) is 45.5 Å². The van der Waals surface area contributed by atoms with Crippen LogP contribution in [0.25, 0.3) is 0 Å².